The zero-order valence-electron chi connectivity index (χ0n) is 12.6. The smallest absolute Gasteiger partial charge is 0.129 e. The SMILES string of the molecule is CC[C@@H](C)NCc1ccccc1OCc1ccccc1F. The van der Waals surface area contributed by atoms with E-state index in [1.165, 1.54) is 6.07 Å². The molecule has 2 rings (SSSR count). The van der Waals surface area contributed by atoms with Crippen LogP contribution in [0.3, 0.4) is 0 Å². The van der Waals surface area contributed by atoms with Gasteiger partial charge in [-0.1, -0.05) is 43.3 Å². The zero-order valence-corrected chi connectivity index (χ0v) is 12.6. The highest BCUT2D eigenvalue weighted by molar-refractivity contribution is 5.33. The van der Waals surface area contributed by atoms with Gasteiger partial charge in [0.25, 0.3) is 0 Å². The molecule has 0 aliphatic rings. The summed E-state index contributed by atoms with van der Waals surface area (Å²) in [5.74, 6) is 0.573. The first-order valence-corrected chi connectivity index (χ1v) is 7.38. The molecule has 0 amide bonds. The standard InChI is InChI=1S/C18H22FNO/c1-3-14(2)20-12-15-8-5-7-11-18(15)21-13-16-9-4-6-10-17(16)19/h4-11,14,20H,3,12-13H2,1-2H3/t14-/m1/s1. The van der Waals surface area contributed by atoms with E-state index in [0.29, 0.717) is 11.6 Å². The molecule has 112 valence electrons. The first-order valence-electron chi connectivity index (χ1n) is 7.38. The van der Waals surface area contributed by atoms with Crippen LogP contribution < -0.4 is 10.1 Å². The van der Waals surface area contributed by atoms with Gasteiger partial charge in [0.2, 0.25) is 0 Å². The molecular formula is C18H22FNO. The van der Waals surface area contributed by atoms with Gasteiger partial charge in [-0.15, -0.1) is 0 Å². The van der Waals surface area contributed by atoms with E-state index in [-0.39, 0.29) is 12.4 Å². The Balaban J connectivity index is 2.01. The van der Waals surface area contributed by atoms with Crippen molar-refractivity contribution in [1.29, 1.82) is 0 Å². The maximum Gasteiger partial charge on any atom is 0.129 e. The van der Waals surface area contributed by atoms with E-state index in [1.807, 2.05) is 30.3 Å². The van der Waals surface area contributed by atoms with Crippen molar-refractivity contribution in [2.75, 3.05) is 0 Å². The molecule has 0 heterocycles. The van der Waals surface area contributed by atoms with Gasteiger partial charge < -0.3 is 10.1 Å². The first kappa shape index (κ1) is 15.5. The summed E-state index contributed by atoms with van der Waals surface area (Å²) in [5, 5.41) is 3.44. The fourth-order valence-corrected chi connectivity index (χ4v) is 1.99. The summed E-state index contributed by atoms with van der Waals surface area (Å²) in [7, 11) is 0. The largest absolute Gasteiger partial charge is 0.488 e. The van der Waals surface area contributed by atoms with E-state index in [4.69, 9.17) is 4.74 Å². The second-order valence-corrected chi connectivity index (χ2v) is 5.18. The van der Waals surface area contributed by atoms with Crippen molar-refractivity contribution in [3.05, 3.63) is 65.5 Å². The number of benzene rings is 2. The van der Waals surface area contributed by atoms with Gasteiger partial charge in [0.05, 0.1) is 0 Å². The van der Waals surface area contributed by atoms with Gasteiger partial charge in [-0.05, 0) is 25.5 Å². The van der Waals surface area contributed by atoms with E-state index in [9.17, 15) is 4.39 Å². The van der Waals surface area contributed by atoms with E-state index in [2.05, 4.69) is 19.2 Å². The Kier molecular flexibility index (Phi) is 5.76. The molecule has 2 aromatic rings. The Morgan fingerprint density at radius 2 is 1.71 bits per heavy atom. The molecule has 0 spiro atoms. The van der Waals surface area contributed by atoms with Gasteiger partial charge in [0.1, 0.15) is 18.2 Å². The predicted molar refractivity (Wildman–Crippen MR) is 83.8 cm³/mol. The van der Waals surface area contributed by atoms with Crippen LogP contribution in [0.1, 0.15) is 31.4 Å². The van der Waals surface area contributed by atoms with Crippen LogP contribution in [0.25, 0.3) is 0 Å². The van der Waals surface area contributed by atoms with Crippen LogP contribution in [0.4, 0.5) is 4.39 Å². The summed E-state index contributed by atoms with van der Waals surface area (Å²) in [6.45, 7) is 5.30. The highest BCUT2D eigenvalue weighted by atomic mass is 19.1. The highest BCUT2D eigenvalue weighted by Crippen LogP contribution is 2.20. The molecule has 0 radical (unpaired) electrons. The fourth-order valence-electron chi connectivity index (χ4n) is 1.99. The monoisotopic (exact) mass is 287 g/mol. The van der Waals surface area contributed by atoms with Gasteiger partial charge in [0.15, 0.2) is 0 Å². The van der Waals surface area contributed by atoms with Crippen molar-refractivity contribution in [3.8, 4) is 5.75 Å². The third-order valence-corrected chi connectivity index (χ3v) is 3.57. The number of halogens is 1. The van der Waals surface area contributed by atoms with Crippen molar-refractivity contribution in [3.63, 3.8) is 0 Å². The van der Waals surface area contributed by atoms with Crippen LogP contribution >= 0.6 is 0 Å². The van der Waals surface area contributed by atoms with Crippen molar-refractivity contribution in [1.82, 2.24) is 5.32 Å². The highest BCUT2D eigenvalue weighted by Gasteiger charge is 2.06. The van der Waals surface area contributed by atoms with Crippen molar-refractivity contribution in [2.45, 2.75) is 39.5 Å². The molecule has 2 nitrogen and oxygen atoms in total. The van der Waals surface area contributed by atoms with Crippen LogP contribution in [0.15, 0.2) is 48.5 Å². The Labute approximate surface area is 126 Å². The minimum atomic E-state index is -0.229. The van der Waals surface area contributed by atoms with Crippen LogP contribution in [0.2, 0.25) is 0 Å². The Bertz CT molecular complexity index is 571. The predicted octanol–water partition coefficient (Wildman–Crippen LogP) is 4.29. The lowest BCUT2D eigenvalue weighted by atomic mass is 10.1. The molecule has 0 bridgehead atoms. The lowest BCUT2D eigenvalue weighted by Gasteiger charge is -2.15. The maximum absolute atomic E-state index is 13.6. The summed E-state index contributed by atoms with van der Waals surface area (Å²) in [6.07, 6.45) is 1.08. The molecule has 0 saturated heterocycles. The Hall–Kier alpha value is -1.87. The molecule has 0 saturated carbocycles. The normalized spacial score (nSPS) is 12.1. The number of nitrogens with one attached hydrogen (secondary N) is 1. The van der Waals surface area contributed by atoms with Gasteiger partial charge in [0, 0.05) is 23.7 Å². The Morgan fingerprint density at radius 3 is 2.43 bits per heavy atom. The van der Waals surface area contributed by atoms with Crippen molar-refractivity contribution >= 4 is 0 Å². The molecule has 0 aliphatic heterocycles. The summed E-state index contributed by atoms with van der Waals surface area (Å²) in [6, 6.07) is 15.0. The van der Waals surface area contributed by atoms with Crippen LogP contribution in [0, 0.1) is 5.82 Å². The first-order chi connectivity index (χ1) is 10.2. The molecule has 1 atom stereocenters. The van der Waals surface area contributed by atoms with Crippen molar-refractivity contribution in [2.24, 2.45) is 0 Å². The molecule has 3 heteroatoms. The van der Waals surface area contributed by atoms with Crippen LogP contribution in [-0.2, 0) is 13.2 Å². The van der Waals surface area contributed by atoms with Gasteiger partial charge >= 0.3 is 0 Å². The number of hydrogen-bond acceptors (Lipinski definition) is 2. The molecule has 21 heavy (non-hydrogen) atoms. The van der Waals surface area contributed by atoms with E-state index in [1.54, 1.807) is 12.1 Å². The van der Waals surface area contributed by atoms with Crippen LogP contribution in [0.5, 0.6) is 5.75 Å². The molecule has 2 aromatic carbocycles. The topological polar surface area (TPSA) is 21.3 Å². The summed E-state index contributed by atoms with van der Waals surface area (Å²) >= 11 is 0. The van der Waals surface area contributed by atoms with E-state index < -0.39 is 0 Å². The molecule has 0 fully saturated rings. The molecule has 1 N–H and O–H groups in total. The minimum Gasteiger partial charge on any atom is -0.488 e. The average molecular weight is 287 g/mol. The Morgan fingerprint density at radius 1 is 1.05 bits per heavy atom. The number of hydrogen-bond donors (Lipinski definition) is 1. The molecule has 0 aromatic heterocycles. The van der Waals surface area contributed by atoms with E-state index in [0.717, 1.165) is 24.3 Å². The third kappa shape index (κ3) is 4.57. The van der Waals surface area contributed by atoms with E-state index >= 15 is 0 Å². The number of para-hydroxylation sites is 1. The zero-order chi connectivity index (χ0) is 15.1. The molecular weight excluding hydrogens is 265 g/mol. The third-order valence-electron chi connectivity index (χ3n) is 3.57. The molecule has 0 aliphatic carbocycles. The summed E-state index contributed by atoms with van der Waals surface area (Å²) in [5.41, 5.74) is 1.66. The number of ether oxygens (including phenoxy) is 1. The van der Waals surface area contributed by atoms with Crippen molar-refractivity contribution < 1.29 is 9.13 Å². The quantitative estimate of drug-likeness (QED) is 0.820. The lowest BCUT2D eigenvalue weighted by Crippen LogP contribution is -2.24. The van der Waals surface area contributed by atoms with Gasteiger partial charge in [-0.3, -0.25) is 0 Å². The van der Waals surface area contributed by atoms with Gasteiger partial charge in [-0.2, -0.15) is 0 Å². The lowest BCUT2D eigenvalue weighted by molar-refractivity contribution is 0.295. The van der Waals surface area contributed by atoms with Crippen LogP contribution in [-0.4, -0.2) is 6.04 Å². The number of rotatable bonds is 7. The fraction of sp³-hybridized carbons (Fsp3) is 0.333. The maximum atomic E-state index is 13.6. The average Bonchev–Trinajstić information content (AvgIpc) is 2.52. The summed E-state index contributed by atoms with van der Waals surface area (Å²) in [4.78, 5) is 0. The molecule has 0 unspecified atom stereocenters. The summed E-state index contributed by atoms with van der Waals surface area (Å²) < 4.78 is 19.4. The minimum absolute atomic E-state index is 0.229. The second kappa shape index (κ2) is 7.79. The second-order valence-electron chi connectivity index (χ2n) is 5.18. The van der Waals surface area contributed by atoms with Gasteiger partial charge in [-0.25, -0.2) is 4.39 Å².